The van der Waals surface area contributed by atoms with Gasteiger partial charge in [-0.05, 0) is 37.3 Å². The largest absolute Gasteiger partial charge is 0.417 e. The van der Waals surface area contributed by atoms with Gasteiger partial charge in [-0.2, -0.15) is 0 Å². The highest BCUT2D eigenvalue weighted by Crippen LogP contribution is 2.19. The highest BCUT2D eigenvalue weighted by Gasteiger charge is 2.09. The van der Waals surface area contributed by atoms with Gasteiger partial charge in [-0.25, -0.2) is 4.79 Å². The van der Waals surface area contributed by atoms with Crippen molar-refractivity contribution >= 4 is 34.0 Å². The summed E-state index contributed by atoms with van der Waals surface area (Å²) in [5, 5.41) is 2.78. The van der Waals surface area contributed by atoms with Crippen molar-refractivity contribution in [2.75, 3.05) is 5.32 Å². The Kier molecular flexibility index (Phi) is 2.72. The summed E-state index contributed by atoms with van der Waals surface area (Å²) in [6, 6.07) is 8.68. The molecule has 0 aliphatic carbocycles. The molecule has 6 heteroatoms. The first-order chi connectivity index (χ1) is 9.11. The molecule has 2 N–H and O–H groups in total. The molecule has 0 bridgehead atoms. The molecule has 0 unspecified atom stereocenters. The van der Waals surface area contributed by atoms with Crippen LogP contribution in [0.15, 0.2) is 39.5 Å². The number of hydrogen-bond donors (Lipinski definition) is 2. The van der Waals surface area contributed by atoms with Crippen molar-refractivity contribution < 1.29 is 9.21 Å². The molecule has 1 aromatic carbocycles. The van der Waals surface area contributed by atoms with E-state index in [9.17, 15) is 9.59 Å². The van der Waals surface area contributed by atoms with Crippen molar-refractivity contribution in [3.8, 4) is 0 Å². The van der Waals surface area contributed by atoms with E-state index in [-0.39, 0.29) is 5.91 Å². The van der Waals surface area contributed by atoms with Crippen LogP contribution in [0, 0.1) is 6.92 Å². The van der Waals surface area contributed by atoms with E-state index in [0.717, 1.165) is 4.88 Å². The Bertz CT molecular complexity index is 813. The standard InChI is InChI=1S/C13H10N2O3S/c1-7-2-5-11(19-7)12(16)14-8-3-4-10-9(6-8)15-13(17)18-10/h2-6H,1H3,(H,14,16)(H,15,17). The Labute approximate surface area is 111 Å². The molecule has 0 atom stereocenters. The molecular formula is C13H10N2O3S. The molecule has 3 rings (SSSR count). The first-order valence-corrected chi connectivity index (χ1v) is 6.44. The van der Waals surface area contributed by atoms with Crippen molar-refractivity contribution in [3.05, 3.63) is 50.6 Å². The van der Waals surface area contributed by atoms with Gasteiger partial charge in [-0.3, -0.25) is 9.78 Å². The fourth-order valence-corrected chi connectivity index (χ4v) is 2.54. The summed E-state index contributed by atoms with van der Waals surface area (Å²) < 4.78 is 4.89. The van der Waals surface area contributed by atoms with E-state index in [1.165, 1.54) is 11.3 Å². The van der Waals surface area contributed by atoms with E-state index < -0.39 is 5.76 Å². The summed E-state index contributed by atoms with van der Waals surface area (Å²) in [6.07, 6.45) is 0. The van der Waals surface area contributed by atoms with Crippen LogP contribution in [0.25, 0.3) is 11.1 Å². The van der Waals surface area contributed by atoms with Crippen LogP contribution in [-0.4, -0.2) is 10.9 Å². The predicted octanol–water partition coefficient (Wildman–Crippen LogP) is 2.74. The van der Waals surface area contributed by atoms with Crippen LogP contribution in [-0.2, 0) is 0 Å². The molecule has 2 heterocycles. The van der Waals surface area contributed by atoms with Crippen molar-refractivity contribution in [1.82, 2.24) is 4.98 Å². The van der Waals surface area contributed by atoms with Crippen LogP contribution < -0.4 is 11.1 Å². The van der Waals surface area contributed by atoms with Crippen molar-refractivity contribution in [2.24, 2.45) is 0 Å². The number of oxazole rings is 1. The van der Waals surface area contributed by atoms with Gasteiger partial charge in [0.1, 0.15) is 0 Å². The summed E-state index contributed by atoms with van der Waals surface area (Å²) in [7, 11) is 0. The second-order valence-corrected chi connectivity index (χ2v) is 5.38. The number of aryl methyl sites for hydroxylation is 1. The first kappa shape index (κ1) is 11.7. The topological polar surface area (TPSA) is 75.1 Å². The van der Waals surface area contributed by atoms with Gasteiger partial charge >= 0.3 is 5.76 Å². The zero-order valence-electron chi connectivity index (χ0n) is 10.0. The maximum Gasteiger partial charge on any atom is 0.417 e. The number of rotatable bonds is 2. The molecule has 0 saturated carbocycles. The summed E-state index contributed by atoms with van der Waals surface area (Å²) in [5.41, 5.74) is 1.64. The van der Waals surface area contributed by atoms with E-state index in [2.05, 4.69) is 10.3 Å². The number of benzene rings is 1. The van der Waals surface area contributed by atoms with E-state index >= 15 is 0 Å². The van der Waals surface area contributed by atoms with Gasteiger partial charge in [-0.1, -0.05) is 0 Å². The number of thiophene rings is 1. The van der Waals surface area contributed by atoms with Crippen LogP contribution in [0.3, 0.4) is 0 Å². The Morgan fingerprint density at radius 1 is 1.32 bits per heavy atom. The van der Waals surface area contributed by atoms with Crippen LogP contribution in [0.5, 0.6) is 0 Å². The molecular weight excluding hydrogens is 264 g/mol. The van der Waals surface area contributed by atoms with Gasteiger partial charge in [-0.15, -0.1) is 11.3 Å². The fourth-order valence-electron chi connectivity index (χ4n) is 1.78. The Balaban J connectivity index is 1.88. The molecule has 3 aromatic rings. The van der Waals surface area contributed by atoms with Crippen molar-refractivity contribution in [3.63, 3.8) is 0 Å². The average molecular weight is 274 g/mol. The second kappa shape index (κ2) is 4.40. The first-order valence-electron chi connectivity index (χ1n) is 5.62. The summed E-state index contributed by atoms with van der Waals surface area (Å²) in [6.45, 7) is 1.95. The number of carbonyl (C=O) groups excluding carboxylic acids is 1. The number of carbonyl (C=O) groups is 1. The Hall–Kier alpha value is -2.34. The zero-order valence-corrected chi connectivity index (χ0v) is 10.8. The van der Waals surface area contributed by atoms with Crippen molar-refractivity contribution in [2.45, 2.75) is 6.92 Å². The smallest absolute Gasteiger partial charge is 0.408 e. The van der Waals surface area contributed by atoms with E-state index in [1.807, 2.05) is 13.0 Å². The van der Waals surface area contributed by atoms with E-state index in [0.29, 0.717) is 21.7 Å². The normalized spacial score (nSPS) is 10.8. The van der Waals surface area contributed by atoms with Crippen molar-refractivity contribution in [1.29, 1.82) is 0 Å². The molecule has 0 spiro atoms. The predicted molar refractivity (Wildman–Crippen MR) is 73.8 cm³/mol. The molecule has 96 valence electrons. The molecule has 0 saturated heterocycles. The lowest BCUT2D eigenvalue weighted by atomic mass is 10.3. The number of aromatic nitrogens is 1. The Morgan fingerprint density at radius 2 is 2.16 bits per heavy atom. The number of anilines is 1. The summed E-state index contributed by atoms with van der Waals surface area (Å²) in [5.74, 6) is -0.671. The van der Waals surface area contributed by atoms with Gasteiger partial charge in [0, 0.05) is 10.6 Å². The van der Waals surface area contributed by atoms with Crippen LogP contribution in [0.4, 0.5) is 5.69 Å². The lowest BCUT2D eigenvalue weighted by Gasteiger charge is -2.02. The number of nitrogens with one attached hydrogen (secondary N) is 2. The quantitative estimate of drug-likeness (QED) is 0.754. The minimum Gasteiger partial charge on any atom is -0.408 e. The molecule has 0 aliphatic heterocycles. The minimum atomic E-state index is -0.507. The fraction of sp³-hybridized carbons (Fsp3) is 0.0769. The second-order valence-electron chi connectivity index (χ2n) is 4.09. The van der Waals surface area contributed by atoms with Gasteiger partial charge in [0.25, 0.3) is 5.91 Å². The number of hydrogen-bond acceptors (Lipinski definition) is 4. The average Bonchev–Trinajstić information content (AvgIpc) is 2.93. The molecule has 5 nitrogen and oxygen atoms in total. The van der Waals surface area contributed by atoms with Crippen LogP contribution in [0.1, 0.15) is 14.5 Å². The van der Waals surface area contributed by atoms with Crippen LogP contribution >= 0.6 is 11.3 Å². The van der Waals surface area contributed by atoms with Gasteiger partial charge < -0.3 is 9.73 Å². The van der Waals surface area contributed by atoms with Gasteiger partial charge in [0.05, 0.1) is 10.4 Å². The van der Waals surface area contributed by atoms with Crippen LogP contribution in [0.2, 0.25) is 0 Å². The Morgan fingerprint density at radius 3 is 2.89 bits per heavy atom. The zero-order chi connectivity index (χ0) is 13.4. The summed E-state index contributed by atoms with van der Waals surface area (Å²) >= 11 is 1.43. The highest BCUT2D eigenvalue weighted by atomic mass is 32.1. The summed E-state index contributed by atoms with van der Waals surface area (Å²) in [4.78, 5) is 27.3. The lowest BCUT2D eigenvalue weighted by molar-refractivity contribution is 0.103. The molecule has 19 heavy (non-hydrogen) atoms. The lowest BCUT2D eigenvalue weighted by Crippen LogP contribution is -2.09. The number of amides is 1. The SMILES string of the molecule is Cc1ccc(C(=O)Nc2ccc3oc(=O)[nH]c3c2)s1. The maximum atomic E-state index is 12.0. The van der Waals surface area contributed by atoms with E-state index in [4.69, 9.17) is 4.42 Å². The third-order valence-corrected chi connectivity index (χ3v) is 3.64. The van der Waals surface area contributed by atoms with E-state index in [1.54, 1.807) is 24.3 Å². The molecule has 0 fully saturated rings. The molecule has 0 radical (unpaired) electrons. The number of aromatic amines is 1. The highest BCUT2D eigenvalue weighted by molar-refractivity contribution is 7.14. The molecule has 0 aliphatic rings. The molecule has 2 aromatic heterocycles. The number of fused-ring (bicyclic) bond motifs is 1. The van der Waals surface area contributed by atoms with Gasteiger partial charge in [0.2, 0.25) is 0 Å². The third kappa shape index (κ3) is 2.30. The third-order valence-electron chi connectivity index (χ3n) is 2.64. The molecule has 1 amide bonds. The van der Waals surface area contributed by atoms with Gasteiger partial charge in [0.15, 0.2) is 5.58 Å². The minimum absolute atomic E-state index is 0.164. The monoisotopic (exact) mass is 274 g/mol. The maximum absolute atomic E-state index is 12.0. The number of H-pyrrole nitrogens is 1.